The topological polar surface area (TPSA) is 77.0 Å². The molecule has 0 bridgehead atoms. The van der Waals surface area contributed by atoms with Crippen LogP contribution in [0.15, 0.2) is 41.5 Å². The highest BCUT2D eigenvalue weighted by molar-refractivity contribution is 14.0. The van der Waals surface area contributed by atoms with Gasteiger partial charge in [0, 0.05) is 24.8 Å². The zero-order valence-corrected chi connectivity index (χ0v) is 18.5. The molecule has 3 rings (SSSR count). The van der Waals surface area contributed by atoms with E-state index >= 15 is 0 Å². The van der Waals surface area contributed by atoms with Crippen LogP contribution in [-0.4, -0.2) is 37.1 Å². The lowest BCUT2D eigenvalue weighted by molar-refractivity contribution is -0.154. The summed E-state index contributed by atoms with van der Waals surface area (Å²) in [5.41, 5.74) is 1.42. The van der Waals surface area contributed by atoms with E-state index in [1.165, 1.54) is 6.20 Å². The maximum atomic E-state index is 12.4. The number of alkyl halides is 3. The van der Waals surface area contributed by atoms with E-state index < -0.39 is 12.8 Å². The summed E-state index contributed by atoms with van der Waals surface area (Å²) in [6.45, 7) is 1.94. The van der Waals surface area contributed by atoms with Crippen molar-refractivity contribution in [1.29, 1.82) is 0 Å². The largest absolute Gasteiger partial charge is 0.468 e. The molecule has 0 atom stereocenters. The number of fused-ring (bicyclic) bond motifs is 1. The summed E-state index contributed by atoms with van der Waals surface area (Å²) in [6, 6.07) is 8.86. The summed E-state index contributed by atoms with van der Waals surface area (Å²) in [5, 5.41) is 6.17. The van der Waals surface area contributed by atoms with Crippen LogP contribution < -0.4 is 24.8 Å². The van der Waals surface area contributed by atoms with Crippen molar-refractivity contribution in [3.8, 4) is 17.4 Å². The number of aliphatic imine (C=N–C) groups is 1. The number of nitrogens with one attached hydrogen (secondary N) is 2. The number of pyridine rings is 1. The Labute approximate surface area is 189 Å². The molecule has 30 heavy (non-hydrogen) atoms. The second-order valence-corrected chi connectivity index (χ2v) is 6.11. The van der Waals surface area contributed by atoms with Crippen LogP contribution in [0.4, 0.5) is 13.2 Å². The van der Waals surface area contributed by atoms with Crippen LogP contribution in [-0.2, 0) is 13.1 Å². The molecule has 1 aromatic carbocycles. The van der Waals surface area contributed by atoms with Gasteiger partial charge in [0.2, 0.25) is 12.7 Å². The van der Waals surface area contributed by atoms with Crippen molar-refractivity contribution < 1.29 is 27.4 Å². The lowest BCUT2D eigenvalue weighted by atomic mass is 10.2. The molecule has 2 aromatic rings. The van der Waals surface area contributed by atoms with E-state index in [-0.39, 0.29) is 43.2 Å². The summed E-state index contributed by atoms with van der Waals surface area (Å²) in [6.07, 6.45) is -3.04. The number of aromatic nitrogens is 1. The van der Waals surface area contributed by atoms with Crippen LogP contribution in [0, 0.1) is 0 Å². The molecule has 2 N–H and O–H groups in total. The first-order valence-corrected chi connectivity index (χ1v) is 8.99. The molecule has 0 spiro atoms. The van der Waals surface area contributed by atoms with Crippen LogP contribution >= 0.6 is 24.0 Å². The molecule has 0 unspecified atom stereocenters. The Kier molecular flexibility index (Phi) is 8.81. The normalized spacial score (nSPS) is 12.9. The van der Waals surface area contributed by atoms with E-state index in [2.05, 4.69) is 20.6 Å². The third-order valence-corrected chi connectivity index (χ3v) is 3.87. The minimum absolute atomic E-state index is 0. The molecular weight excluding hydrogens is 516 g/mol. The van der Waals surface area contributed by atoms with Crippen molar-refractivity contribution in [2.24, 2.45) is 4.99 Å². The summed E-state index contributed by atoms with van der Waals surface area (Å²) >= 11 is 0. The van der Waals surface area contributed by atoms with Crippen LogP contribution in [0.1, 0.15) is 18.1 Å². The summed E-state index contributed by atoms with van der Waals surface area (Å²) in [5.74, 6) is 1.82. The number of nitrogens with zero attached hydrogens (tertiary/aromatic N) is 2. The van der Waals surface area contributed by atoms with Gasteiger partial charge in [-0.3, -0.25) is 0 Å². The molecule has 1 aliphatic rings. The zero-order valence-electron chi connectivity index (χ0n) is 16.2. The highest BCUT2D eigenvalue weighted by Gasteiger charge is 2.29. The standard InChI is InChI=1S/C19H21F3N4O3.HI/c1-2-23-18(25-9-13-5-6-15-16(8-13)29-12-28-15)26-10-14-4-3-7-24-17(14)27-11-19(20,21)22;/h3-8H,2,9-12H2,1H3,(H2,23,25,26);1H. The Morgan fingerprint density at radius 1 is 1.20 bits per heavy atom. The van der Waals surface area contributed by atoms with Crippen molar-refractivity contribution in [3.63, 3.8) is 0 Å². The summed E-state index contributed by atoms with van der Waals surface area (Å²) in [7, 11) is 0. The Bertz CT molecular complexity index is 865. The Morgan fingerprint density at radius 2 is 2.00 bits per heavy atom. The molecule has 11 heteroatoms. The van der Waals surface area contributed by atoms with E-state index in [0.29, 0.717) is 36.1 Å². The predicted molar refractivity (Wildman–Crippen MR) is 115 cm³/mol. The number of benzene rings is 1. The molecule has 0 saturated carbocycles. The molecule has 0 aliphatic carbocycles. The highest BCUT2D eigenvalue weighted by atomic mass is 127. The zero-order chi connectivity index (χ0) is 20.7. The molecule has 1 aromatic heterocycles. The lowest BCUT2D eigenvalue weighted by Crippen LogP contribution is -2.37. The monoisotopic (exact) mass is 538 g/mol. The number of halogens is 4. The Balaban J connectivity index is 0.00000320. The smallest absolute Gasteiger partial charge is 0.422 e. The van der Waals surface area contributed by atoms with Gasteiger partial charge in [-0.1, -0.05) is 12.1 Å². The molecule has 0 amide bonds. The van der Waals surface area contributed by atoms with Gasteiger partial charge in [0.25, 0.3) is 0 Å². The molecular formula is C19H22F3IN4O3. The Morgan fingerprint density at radius 3 is 2.77 bits per heavy atom. The number of ether oxygens (including phenoxy) is 3. The van der Waals surface area contributed by atoms with Crippen molar-refractivity contribution >= 4 is 29.9 Å². The summed E-state index contributed by atoms with van der Waals surface area (Å²) in [4.78, 5) is 8.38. The fraction of sp³-hybridized carbons (Fsp3) is 0.368. The molecule has 0 fully saturated rings. The van der Waals surface area contributed by atoms with Gasteiger partial charge in [0.05, 0.1) is 6.54 Å². The average molecular weight is 538 g/mol. The summed E-state index contributed by atoms with van der Waals surface area (Å²) < 4.78 is 52.7. The minimum atomic E-state index is -4.43. The number of guanidine groups is 1. The van der Waals surface area contributed by atoms with Gasteiger partial charge in [0.15, 0.2) is 24.1 Å². The highest BCUT2D eigenvalue weighted by Crippen LogP contribution is 2.32. The SMILES string of the molecule is CCNC(=NCc1ccc2c(c1)OCO2)NCc1cccnc1OCC(F)(F)F.I. The third-order valence-electron chi connectivity index (χ3n) is 3.87. The average Bonchev–Trinajstić information content (AvgIpc) is 3.16. The second-order valence-electron chi connectivity index (χ2n) is 6.11. The number of rotatable bonds is 7. The third kappa shape index (κ3) is 7.11. The Hall–Kier alpha value is -2.44. The molecule has 0 radical (unpaired) electrons. The first-order valence-electron chi connectivity index (χ1n) is 8.99. The van der Waals surface area contributed by atoms with E-state index in [9.17, 15) is 13.2 Å². The van der Waals surface area contributed by atoms with E-state index in [1.54, 1.807) is 12.1 Å². The number of hydrogen-bond donors (Lipinski definition) is 2. The van der Waals surface area contributed by atoms with Gasteiger partial charge in [-0.05, 0) is 30.7 Å². The van der Waals surface area contributed by atoms with Crippen LogP contribution in [0.25, 0.3) is 0 Å². The van der Waals surface area contributed by atoms with E-state index in [1.807, 2.05) is 25.1 Å². The van der Waals surface area contributed by atoms with E-state index in [4.69, 9.17) is 14.2 Å². The van der Waals surface area contributed by atoms with Crippen LogP contribution in [0.2, 0.25) is 0 Å². The predicted octanol–water partition coefficient (Wildman–Crippen LogP) is 3.62. The van der Waals surface area contributed by atoms with Crippen LogP contribution in [0.3, 0.4) is 0 Å². The molecule has 1 aliphatic heterocycles. The lowest BCUT2D eigenvalue weighted by Gasteiger charge is -2.14. The van der Waals surface area contributed by atoms with Crippen LogP contribution in [0.5, 0.6) is 17.4 Å². The molecule has 164 valence electrons. The van der Waals surface area contributed by atoms with Gasteiger partial charge in [-0.25, -0.2) is 9.98 Å². The first-order chi connectivity index (χ1) is 13.9. The van der Waals surface area contributed by atoms with Gasteiger partial charge in [0.1, 0.15) is 0 Å². The van der Waals surface area contributed by atoms with Gasteiger partial charge in [-0.15, -0.1) is 24.0 Å². The maximum absolute atomic E-state index is 12.4. The van der Waals surface area contributed by atoms with Crippen molar-refractivity contribution in [1.82, 2.24) is 15.6 Å². The fourth-order valence-corrected chi connectivity index (χ4v) is 2.57. The fourth-order valence-electron chi connectivity index (χ4n) is 2.57. The molecule has 0 saturated heterocycles. The molecule has 7 nitrogen and oxygen atoms in total. The number of hydrogen-bond acceptors (Lipinski definition) is 5. The second kappa shape index (κ2) is 11.1. The van der Waals surface area contributed by atoms with Crippen molar-refractivity contribution in [3.05, 3.63) is 47.7 Å². The van der Waals surface area contributed by atoms with Crippen molar-refractivity contribution in [2.75, 3.05) is 19.9 Å². The first kappa shape index (κ1) is 23.8. The quantitative estimate of drug-likeness (QED) is 0.319. The molecule has 2 heterocycles. The minimum Gasteiger partial charge on any atom is -0.468 e. The van der Waals surface area contributed by atoms with Gasteiger partial charge < -0.3 is 24.8 Å². The van der Waals surface area contributed by atoms with E-state index in [0.717, 1.165) is 5.56 Å². The van der Waals surface area contributed by atoms with Gasteiger partial charge in [-0.2, -0.15) is 13.2 Å². The maximum Gasteiger partial charge on any atom is 0.422 e. The van der Waals surface area contributed by atoms with Gasteiger partial charge >= 0.3 is 6.18 Å². The van der Waals surface area contributed by atoms with Crippen molar-refractivity contribution in [2.45, 2.75) is 26.2 Å².